The van der Waals surface area contributed by atoms with E-state index < -0.39 is 0 Å². The highest BCUT2D eigenvalue weighted by atomic mass is 32.2. The number of hydrogen-bond acceptors (Lipinski definition) is 5. The second kappa shape index (κ2) is 3.56. The van der Waals surface area contributed by atoms with Gasteiger partial charge in [-0.1, -0.05) is 32.5 Å². The van der Waals surface area contributed by atoms with Gasteiger partial charge in [0.25, 0.3) is 0 Å². The highest BCUT2D eigenvalue weighted by Crippen LogP contribution is 2.67. The van der Waals surface area contributed by atoms with Crippen molar-refractivity contribution in [3.63, 3.8) is 0 Å². The Labute approximate surface area is 111 Å². The molecular weight excluding hydrogens is 248 g/mol. The largest absolute Gasteiger partial charge is 0.298 e. The van der Waals surface area contributed by atoms with Crippen molar-refractivity contribution in [2.24, 2.45) is 23.8 Å². The van der Waals surface area contributed by atoms with Gasteiger partial charge in [0.1, 0.15) is 5.78 Å². The van der Waals surface area contributed by atoms with Crippen molar-refractivity contribution in [3.8, 4) is 0 Å². The third-order valence-corrected chi connectivity index (χ3v) is 6.83. The molecule has 3 rings (SSSR count). The van der Waals surface area contributed by atoms with Gasteiger partial charge in [-0.15, -0.1) is 5.10 Å². The molecule has 18 heavy (non-hydrogen) atoms. The number of ketones is 1. The number of fused-ring (bicyclic) bond motifs is 2. The van der Waals surface area contributed by atoms with Crippen molar-refractivity contribution in [3.05, 3.63) is 0 Å². The lowest BCUT2D eigenvalue weighted by Crippen LogP contribution is -2.35. The molecule has 98 valence electrons. The number of carbonyl (C=O) groups is 1. The summed E-state index contributed by atoms with van der Waals surface area (Å²) in [5.74, 6) is 0.600. The minimum absolute atomic E-state index is 0.00375. The summed E-state index contributed by atoms with van der Waals surface area (Å²) in [6, 6.07) is 0. The Kier molecular flexibility index (Phi) is 2.40. The predicted molar refractivity (Wildman–Crippen MR) is 68.1 cm³/mol. The first-order chi connectivity index (χ1) is 8.38. The normalized spacial score (nSPS) is 37.4. The number of hydrogen-bond donors (Lipinski definition) is 0. The Hall–Kier alpha value is -0.910. The molecule has 0 unspecified atom stereocenters. The zero-order valence-electron chi connectivity index (χ0n) is 11.2. The van der Waals surface area contributed by atoms with Crippen molar-refractivity contribution in [2.45, 2.75) is 44.0 Å². The quantitative estimate of drug-likeness (QED) is 0.815. The van der Waals surface area contributed by atoms with Crippen LogP contribution in [0.1, 0.15) is 33.6 Å². The summed E-state index contributed by atoms with van der Waals surface area (Å²) in [6.07, 6.45) is 2.16. The maximum absolute atomic E-state index is 12.5. The van der Waals surface area contributed by atoms with Gasteiger partial charge in [-0.3, -0.25) is 4.79 Å². The molecule has 2 aliphatic rings. The number of thioether (sulfide) groups is 1. The van der Waals surface area contributed by atoms with Gasteiger partial charge in [0.2, 0.25) is 5.16 Å². The number of aromatic nitrogens is 4. The minimum Gasteiger partial charge on any atom is -0.298 e. The van der Waals surface area contributed by atoms with Crippen LogP contribution in [-0.4, -0.2) is 31.2 Å². The van der Waals surface area contributed by atoms with Gasteiger partial charge < -0.3 is 0 Å². The van der Waals surface area contributed by atoms with E-state index in [1.165, 1.54) is 11.8 Å². The molecule has 0 spiro atoms. The van der Waals surface area contributed by atoms with E-state index in [2.05, 4.69) is 36.3 Å². The molecule has 2 fully saturated rings. The first kappa shape index (κ1) is 12.1. The van der Waals surface area contributed by atoms with E-state index in [0.717, 1.165) is 18.0 Å². The van der Waals surface area contributed by atoms with Crippen molar-refractivity contribution >= 4 is 17.5 Å². The van der Waals surface area contributed by atoms with Gasteiger partial charge in [-0.2, -0.15) is 0 Å². The molecule has 2 aliphatic carbocycles. The summed E-state index contributed by atoms with van der Waals surface area (Å²) in [4.78, 5) is 12.5. The molecule has 1 aromatic rings. The van der Waals surface area contributed by atoms with Crippen molar-refractivity contribution in [1.29, 1.82) is 0 Å². The molecule has 3 atom stereocenters. The Morgan fingerprint density at radius 1 is 1.39 bits per heavy atom. The summed E-state index contributed by atoms with van der Waals surface area (Å²) in [7, 11) is 1.81. The van der Waals surface area contributed by atoms with Crippen molar-refractivity contribution in [1.82, 2.24) is 20.2 Å². The molecule has 0 N–H and O–H groups in total. The fourth-order valence-electron chi connectivity index (χ4n) is 3.60. The third-order valence-electron chi connectivity index (χ3n) is 5.28. The average Bonchev–Trinajstić information content (AvgIpc) is 2.82. The lowest BCUT2D eigenvalue weighted by Gasteiger charge is -2.37. The number of nitrogens with zero attached hydrogens (tertiary/aromatic N) is 4. The molecule has 2 bridgehead atoms. The van der Waals surface area contributed by atoms with Gasteiger partial charge in [0, 0.05) is 13.0 Å². The molecule has 1 heterocycles. The SMILES string of the molecule is Cn1nnnc1S[C@@H]1C(=O)[C@@H]2CC[C@]1(C)C2(C)C. The van der Waals surface area contributed by atoms with E-state index in [9.17, 15) is 4.79 Å². The second-order valence-electron chi connectivity index (χ2n) is 6.22. The van der Waals surface area contributed by atoms with Gasteiger partial charge in [-0.25, -0.2) is 4.68 Å². The van der Waals surface area contributed by atoms with Gasteiger partial charge in [-0.05, 0) is 34.1 Å². The molecule has 2 saturated carbocycles. The summed E-state index contributed by atoms with van der Waals surface area (Å²) < 4.78 is 1.64. The van der Waals surface area contributed by atoms with Crippen LogP contribution in [0, 0.1) is 16.7 Å². The average molecular weight is 266 g/mol. The Bertz CT molecular complexity index is 512. The molecule has 0 saturated heterocycles. The third kappa shape index (κ3) is 1.30. The number of aryl methyl sites for hydroxylation is 1. The molecule has 0 aliphatic heterocycles. The highest BCUT2D eigenvalue weighted by Gasteiger charge is 2.66. The summed E-state index contributed by atoms with van der Waals surface area (Å²) >= 11 is 1.53. The molecule has 0 amide bonds. The predicted octanol–water partition coefficient (Wildman–Crippen LogP) is 1.70. The number of tetrazole rings is 1. The number of Topliss-reactive ketones (excluding diaryl/α,β-unsaturated/α-hetero) is 1. The van der Waals surface area contributed by atoms with Gasteiger partial charge >= 0.3 is 0 Å². The standard InChI is InChI=1S/C12H18N4OS/c1-11(2)7-5-6-12(11,3)9(8(7)17)18-10-13-14-15-16(10)4/h7,9H,5-6H2,1-4H3/t7-,9+,12-/m0/s1. The maximum Gasteiger partial charge on any atom is 0.209 e. The summed E-state index contributed by atoms with van der Waals surface area (Å²) in [5, 5.41) is 12.2. The van der Waals surface area contributed by atoms with Crippen LogP contribution in [0.25, 0.3) is 0 Å². The lowest BCUT2D eigenvalue weighted by molar-refractivity contribution is -0.122. The zero-order chi connectivity index (χ0) is 13.1. The van der Waals surface area contributed by atoms with E-state index in [1.54, 1.807) is 4.68 Å². The molecule has 1 aromatic heterocycles. The lowest BCUT2D eigenvalue weighted by atomic mass is 9.71. The van der Waals surface area contributed by atoms with Crippen molar-refractivity contribution < 1.29 is 4.79 Å². The van der Waals surface area contributed by atoms with Gasteiger partial charge in [0.05, 0.1) is 5.25 Å². The van der Waals surface area contributed by atoms with E-state index >= 15 is 0 Å². The van der Waals surface area contributed by atoms with Crippen LogP contribution in [0.4, 0.5) is 0 Å². The number of rotatable bonds is 2. The maximum atomic E-state index is 12.5. The van der Waals surface area contributed by atoms with Crippen molar-refractivity contribution in [2.75, 3.05) is 0 Å². The summed E-state index contributed by atoms with van der Waals surface area (Å²) in [6.45, 7) is 6.72. The van der Waals surface area contributed by atoms with E-state index in [1.807, 2.05) is 7.05 Å². The van der Waals surface area contributed by atoms with E-state index in [0.29, 0.717) is 5.78 Å². The molecular formula is C12H18N4OS. The monoisotopic (exact) mass is 266 g/mol. The molecule has 0 aromatic carbocycles. The van der Waals surface area contributed by atoms with Crippen LogP contribution < -0.4 is 0 Å². The fraction of sp³-hybridized carbons (Fsp3) is 0.833. The molecule has 5 nitrogen and oxygen atoms in total. The molecule has 0 radical (unpaired) electrons. The Morgan fingerprint density at radius 3 is 2.61 bits per heavy atom. The molecule has 6 heteroatoms. The van der Waals surface area contributed by atoms with Crippen LogP contribution in [0.15, 0.2) is 5.16 Å². The topological polar surface area (TPSA) is 60.7 Å². The van der Waals surface area contributed by atoms with Crippen LogP contribution in [0.2, 0.25) is 0 Å². The Morgan fingerprint density at radius 2 is 2.11 bits per heavy atom. The smallest absolute Gasteiger partial charge is 0.209 e. The van der Waals surface area contributed by atoms with Crippen LogP contribution in [-0.2, 0) is 11.8 Å². The first-order valence-electron chi connectivity index (χ1n) is 6.30. The van der Waals surface area contributed by atoms with Crippen LogP contribution >= 0.6 is 11.8 Å². The second-order valence-corrected chi connectivity index (χ2v) is 7.29. The Balaban J connectivity index is 1.95. The first-order valence-corrected chi connectivity index (χ1v) is 7.18. The van der Waals surface area contributed by atoms with Gasteiger partial charge in [0.15, 0.2) is 0 Å². The van der Waals surface area contributed by atoms with Crippen LogP contribution in [0.5, 0.6) is 0 Å². The summed E-state index contributed by atoms with van der Waals surface area (Å²) in [5.41, 5.74) is 0.152. The minimum atomic E-state index is -0.00375. The zero-order valence-corrected chi connectivity index (χ0v) is 12.0. The highest BCUT2D eigenvalue weighted by molar-refractivity contribution is 8.00. The van der Waals surface area contributed by atoms with Crippen LogP contribution in [0.3, 0.4) is 0 Å². The van der Waals surface area contributed by atoms with E-state index in [4.69, 9.17) is 0 Å². The number of carbonyl (C=O) groups excluding carboxylic acids is 1. The fourth-order valence-corrected chi connectivity index (χ4v) is 5.05. The van der Waals surface area contributed by atoms with E-state index in [-0.39, 0.29) is 22.0 Å².